The fourth-order valence-corrected chi connectivity index (χ4v) is 9.78. The number of hydrogen-bond donors (Lipinski definition) is 0. The molecule has 0 amide bonds. The fraction of sp³-hybridized carbons (Fsp3) is 0.190. The van der Waals surface area contributed by atoms with E-state index in [1.54, 1.807) is 6.07 Å². The number of pyridine rings is 3. The van der Waals surface area contributed by atoms with E-state index in [2.05, 4.69) is 114 Å². The van der Waals surface area contributed by atoms with Crippen molar-refractivity contribution in [3.8, 4) is 44.9 Å². The number of furan rings is 1. The summed E-state index contributed by atoms with van der Waals surface area (Å²) in [6.07, 6.45) is 8.55. The van der Waals surface area contributed by atoms with Crippen LogP contribution in [-0.2, 0) is 55.6 Å². The van der Waals surface area contributed by atoms with Crippen molar-refractivity contribution >= 4 is 21.9 Å². The van der Waals surface area contributed by atoms with Gasteiger partial charge in [0.15, 0.2) is 0 Å². The van der Waals surface area contributed by atoms with Gasteiger partial charge in [-0.2, -0.15) is 0 Å². The summed E-state index contributed by atoms with van der Waals surface area (Å²) < 4.78 is 22.0. The first-order valence-corrected chi connectivity index (χ1v) is 23.4. The second-order valence-electron chi connectivity index (χ2n) is 20.1. The summed E-state index contributed by atoms with van der Waals surface area (Å²) in [6, 6.07) is 62.8. The van der Waals surface area contributed by atoms with Crippen molar-refractivity contribution < 1.29 is 28.9 Å². The average molecular weight is 1080 g/mol. The summed E-state index contributed by atoms with van der Waals surface area (Å²) in [4.78, 5) is 14.8. The fourth-order valence-electron chi connectivity index (χ4n) is 9.78. The Morgan fingerprint density at radius 1 is 0.464 bits per heavy atom. The molecule has 6 aromatic carbocycles. The monoisotopic (exact) mass is 1080 g/mol. The van der Waals surface area contributed by atoms with Crippen molar-refractivity contribution in [3.05, 3.63) is 234 Å². The molecule has 4 aromatic heterocycles. The second-order valence-corrected chi connectivity index (χ2v) is 20.1. The van der Waals surface area contributed by atoms with Crippen molar-refractivity contribution in [3.63, 3.8) is 0 Å². The Morgan fingerprint density at radius 2 is 0.928 bits per heavy atom. The predicted octanol–water partition coefficient (Wildman–Crippen LogP) is 15.5. The van der Waals surface area contributed by atoms with Crippen molar-refractivity contribution in [1.82, 2.24) is 15.0 Å². The molecule has 342 valence electrons. The van der Waals surface area contributed by atoms with Crippen LogP contribution in [-0.4, -0.2) is 15.0 Å². The van der Waals surface area contributed by atoms with Gasteiger partial charge in [0, 0.05) is 24.0 Å². The summed E-state index contributed by atoms with van der Waals surface area (Å²) in [5, 5.41) is 1.76. The maximum Gasteiger partial charge on any atom is 3.00 e. The van der Waals surface area contributed by atoms with Gasteiger partial charge < -0.3 is 19.4 Å². The summed E-state index contributed by atoms with van der Waals surface area (Å²) in [5.41, 5.74) is 14.5. The Morgan fingerprint density at radius 3 is 1.38 bits per heavy atom. The number of aromatic nitrogens is 3. The van der Waals surface area contributed by atoms with Gasteiger partial charge in [-0.1, -0.05) is 137 Å². The molecular weight excluding hydrogens is 1030 g/mol. The zero-order valence-corrected chi connectivity index (χ0v) is 42.2. The molecule has 10 rings (SSSR count). The van der Waals surface area contributed by atoms with Crippen LogP contribution in [0.3, 0.4) is 0 Å². The van der Waals surface area contributed by atoms with Gasteiger partial charge in [-0.15, -0.1) is 90.0 Å². The Kier molecular flexibility index (Phi) is 13.2. The molecule has 0 N–H and O–H groups in total. The van der Waals surface area contributed by atoms with E-state index in [0.29, 0.717) is 16.7 Å². The van der Waals surface area contributed by atoms with E-state index in [0.717, 1.165) is 74.9 Å². The van der Waals surface area contributed by atoms with Gasteiger partial charge in [0.25, 0.3) is 0 Å². The molecule has 0 atom stereocenters. The number of halogens is 1. The Balaban J connectivity index is 0.00000593. The molecule has 0 saturated heterocycles. The molecule has 0 aliphatic rings. The third-order valence-corrected chi connectivity index (χ3v) is 13.5. The summed E-state index contributed by atoms with van der Waals surface area (Å²) in [6.45, 7) is 13.8. The predicted molar refractivity (Wildman–Crippen MR) is 275 cm³/mol. The first-order valence-electron chi connectivity index (χ1n) is 23.4. The normalized spacial score (nSPS) is 12.0. The molecule has 0 bridgehead atoms. The van der Waals surface area contributed by atoms with Crippen LogP contribution < -0.4 is 0 Å². The third kappa shape index (κ3) is 9.88. The third-order valence-electron chi connectivity index (χ3n) is 13.5. The molecular formula is C63H53FIrN3O. The van der Waals surface area contributed by atoms with Gasteiger partial charge in [0.1, 0.15) is 11.4 Å². The minimum Gasteiger partial charge on any atom is -0.500 e. The molecule has 0 aliphatic carbocycles. The number of nitrogens with zero attached hydrogens (tertiary/aromatic N) is 3. The van der Waals surface area contributed by atoms with E-state index in [1.165, 1.54) is 33.9 Å². The van der Waals surface area contributed by atoms with E-state index in [4.69, 9.17) is 19.4 Å². The standard InChI is InChI=1S/C63H53FN3O.Ir/c1-61(2,48-25-30-55(65-39-48)45-17-10-7-11-18-45)36-42-33-43(37-62(3,4)49-26-31-56(66-40-49)46-19-12-8-13-20-46)35-44(34-42)38-63(5,6)50-27-32-57(67-41-50)53-24-16-23-51-52-28-29-54(64)58(60(52)68-59(51)53)47-21-14-9-15-22-47;/h7-17,19,21-23,25-35,39-41H,36-38H2,1-6H3;/q-3;+3. The molecule has 0 unspecified atom stereocenters. The molecule has 0 fully saturated rings. The smallest absolute Gasteiger partial charge is 0.500 e. The second kappa shape index (κ2) is 19.3. The topological polar surface area (TPSA) is 51.8 Å². The number of benzene rings is 6. The van der Waals surface area contributed by atoms with Gasteiger partial charge in [-0.3, -0.25) is 0 Å². The molecule has 0 radical (unpaired) electrons. The SMILES string of the molecule is CC(C)(Cc1cc(CC(C)(C)c2ccc(-c3[c-]cccc3)nc2)cc(CC(C)(C)c2ccc(-c3[c-]ccc4c3oc3c(-c5ccccc5)c(F)ccc34)nc2)c1)c1ccc(-c2[c-]cccc2)nc1.[Ir+3]. The van der Waals surface area contributed by atoms with Crippen LogP contribution in [0.4, 0.5) is 4.39 Å². The molecule has 69 heavy (non-hydrogen) atoms. The van der Waals surface area contributed by atoms with Gasteiger partial charge in [-0.25, -0.2) is 4.39 Å². The molecule has 4 nitrogen and oxygen atoms in total. The first kappa shape index (κ1) is 47.2. The average Bonchev–Trinajstić information content (AvgIpc) is 3.73. The molecule has 0 spiro atoms. The molecule has 0 saturated carbocycles. The number of fused-ring (bicyclic) bond motifs is 3. The Bertz CT molecular complexity index is 3250. The van der Waals surface area contributed by atoms with Crippen LogP contribution in [0.15, 0.2) is 181 Å². The minimum atomic E-state index is -0.321. The maximum absolute atomic E-state index is 15.4. The van der Waals surface area contributed by atoms with Gasteiger partial charge in [0.2, 0.25) is 0 Å². The Hall–Kier alpha value is -6.85. The van der Waals surface area contributed by atoms with E-state index >= 15 is 4.39 Å². The van der Waals surface area contributed by atoms with Crippen LogP contribution >= 0.6 is 0 Å². The zero-order valence-electron chi connectivity index (χ0n) is 39.8. The number of hydrogen-bond acceptors (Lipinski definition) is 4. The van der Waals surface area contributed by atoms with Crippen molar-refractivity contribution in [2.45, 2.75) is 77.0 Å². The number of rotatable bonds is 13. The molecule has 6 heteroatoms. The van der Waals surface area contributed by atoms with E-state index in [-0.39, 0.29) is 42.2 Å². The van der Waals surface area contributed by atoms with Crippen molar-refractivity contribution in [1.29, 1.82) is 0 Å². The van der Waals surface area contributed by atoms with Gasteiger partial charge >= 0.3 is 20.1 Å². The van der Waals surface area contributed by atoms with E-state index < -0.39 is 0 Å². The largest absolute Gasteiger partial charge is 3.00 e. The zero-order chi connectivity index (χ0) is 47.0. The summed E-state index contributed by atoms with van der Waals surface area (Å²) in [7, 11) is 0. The minimum absolute atomic E-state index is 0. The van der Waals surface area contributed by atoms with Gasteiger partial charge in [-0.05, 0) is 104 Å². The van der Waals surface area contributed by atoms with Crippen molar-refractivity contribution in [2.24, 2.45) is 0 Å². The summed E-state index contributed by atoms with van der Waals surface area (Å²) >= 11 is 0. The Labute approximate surface area is 419 Å². The quantitative estimate of drug-likeness (QED) is 0.108. The van der Waals surface area contributed by atoms with E-state index in [9.17, 15) is 0 Å². The van der Waals surface area contributed by atoms with Crippen LogP contribution in [0.1, 0.15) is 74.9 Å². The van der Waals surface area contributed by atoms with Crippen molar-refractivity contribution in [2.75, 3.05) is 0 Å². The van der Waals surface area contributed by atoms with Crippen LogP contribution in [0.5, 0.6) is 0 Å². The van der Waals surface area contributed by atoms with Crippen LogP contribution in [0.25, 0.3) is 66.8 Å². The summed E-state index contributed by atoms with van der Waals surface area (Å²) in [5.74, 6) is -0.321. The first-order chi connectivity index (χ1) is 32.8. The molecule has 0 aliphatic heterocycles. The van der Waals surface area contributed by atoms with E-state index in [1.807, 2.05) is 110 Å². The van der Waals surface area contributed by atoms with Crippen LogP contribution in [0.2, 0.25) is 0 Å². The molecule has 10 aromatic rings. The van der Waals surface area contributed by atoms with Crippen LogP contribution in [0, 0.1) is 24.0 Å². The van der Waals surface area contributed by atoms with Gasteiger partial charge in [0.05, 0.1) is 11.1 Å². The maximum atomic E-state index is 15.4. The molecule has 4 heterocycles.